The number of carbonyl (C=O) groups is 1. The van der Waals surface area contributed by atoms with Gasteiger partial charge in [-0.3, -0.25) is 0 Å². The number of hydrogen-bond acceptors (Lipinski definition) is 4. The number of aryl methyl sites for hydroxylation is 1. The zero-order valence-corrected chi connectivity index (χ0v) is 12.0. The highest BCUT2D eigenvalue weighted by molar-refractivity contribution is 14.1. The minimum Gasteiger partial charge on any atom is -0.381 e. The van der Waals surface area contributed by atoms with Crippen LogP contribution in [0.2, 0.25) is 0 Å². The Morgan fingerprint density at radius 3 is 2.53 bits per heavy atom. The van der Waals surface area contributed by atoms with E-state index in [-0.39, 0.29) is 5.54 Å². The molecular weight excluding hydrogens is 327 g/mol. The van der Waals surface area contributed by atoms with Crippen LogP contribution < -0.4 is 10.1 Å². The maximum atomic E-state index is 11.4. The van der Waals surface area contributed by atoms with Gasteiger partial charge in [0, 0.05) is 5.54 Å². The van der Waals surface area contributed by atoms with Crippen molar-refractivity contribution in [1.82, 2.24) is 10.3 Å². The van der Waals surface area contributed by atoms with Gasteiger partial charge >= 0.3 is 6.09 Å². The zero-order chi connectivity index (χ0) is 11.6. The molecule has 1 rings (SSSR count). The van der Waals surface area contributed by atoms with Crippen LogP contribution in [0.1, 0.15) is 26.5 Å². The van der Waals surface area contributed by atoms with Crippen molar-refractivity contribution in [3.8, 4) is 5.19 Å². The molecule has 0 aliphatic rings. The summed E-state index contributed by atoms with van der Waals surface area (Å²) in [7, 11) is 0. The first kappa shape index (κ1) is 12.7. The van der Waals surface area contributed by atoms with Gasteiger partial charge in [-0.2, -0.15) is 0 Å². The van der Waals surface area contributed by atoms with Crippen molar-refractivity contribution in [1.29, 1.82) is 0 Å². The monoisotopic (exact) mass is 340 g/mol. The van der Waals surface area contributed by atoms with Gasteiger partial charge in [0.1, 0.15) is 0 Å². The van der Waals surface area contributed by atoms with Gasteiger partial charge in [-0.25, -0.2) is 9.78 Å². The van der Waals surface area contributed by atoms with Gasteiger partial charge in [-0.15, -0.1) is 0 Å². The second-order valence-electron chi connectivity index (χ2n) is 4.10. The van der Waals surface area contributed by atoms with E-state index in [1.54, 1.807) is 0 Å². The molecule has 1 aromatic rings. The highest BCUT2D eigenvalue weighted by atomic mass is 127. The lowest BCUT2D eigenvalue weighted by Gasteiger charge is -2.18. The smallest absolute Gasteiger partial charge is 0.381 e. The Morgan fingerprint density at radius 2 is 2.13 bits per heavy atom. The summed E-state index contributed by atoms with van der Waals surface area (Å²) in [5, 5.41) is 3.09. The van der Waals surface area contributed by atoms with E-state index in [4.69, 9.17) is 4.74 Å². The number of amides is 1. The molecule has 0 bridgehead atoms. The number of aromatic nitrogens is 1. The van der Waals surface area contributed by atoms with Gasteiger partial charge in [0.15, 0.2) is 0 Å². The van der Waals surface area contributed by atoms with Gasteiger partial charge in [-0.1, -0.05) is 11.3 Å². The Balaban J connectivity index is 2.59. The Kier molecular flexibility index (Phi) is 3.93. The predicted molar refractivity (Wildman–Crippen MR) is 68.5 cm³/mol. The number of ether oxygens (including phenoxy) is 1. The number of halogens is 1. The first-order chi connectivity index (χ1) is 6.78. The molecule has 1 amide bonds. The summed E-state index contributed by atoms with van der Waals surface area (Å²) in [6.45, 7) is 7.56. The Morgan fingerprint density at radius 1 is 1.53 bits per heavy atom. The van der Waals surface area contributed by atoms with Crippen LogP contribution in [0.15, 0.2) is 0 Å². The van der Waals surface area contributed by atoms with Crippen LogP contribution in [0, 0.1) is 9.81 Å². The Bertz CT molecular complexity index is 351. The van der Waals surface area contributed by atoms with E-state index in [0.29, 0.717) is 5.19 Å². The van der Waals surface area contributed by atoms with E-state index < -0.39 is 6.09 Å². The van der Waals surface area contributed by atoms with E-state index in [2.05, 4.69) is 32.9 Å². The van der Waals surface area contributed by atoms with Crippen molar-refractivity contribution in [3.05, 3.63) is 8.58 Å². The van der Waals surface area contributed by atoms with E-state index in [1.165, 1.54) is 11.3 Å². The maximum Gasteiger partial charge on any atom is 0.414 e. The Labute approximate surface area is 107 Å². The normalized spacial score (nSPS) is 11.3. The third kappa shape index (κ3) is 4.33. The number of thiazole rings is 1. The van der Waals surface area contributed by atoms with Gasteiger partial charge in [-0.05, 0) is 50.3 Å². The standard InChI is InChI=1S/C9H13IN2O2S/c1-5-6(10)15-8(11-5)14-7(13)12-9(2,3)4/h1-4H3,(H,12,13). The van der Waals surface area contributed by atoms with Gasteiger partial charge in [0.25, 0.3) is 5.19 Å². The van der Waals surface area contributed by atoms with E-state index in [1.807, 2.05) is 27.7 Å². The first-order valence-corrected chi connectivity index (χ1v) is 6.30. The second kappa shape index (κ2) is 4.65. The number of carbonyl (C=O) groups excluding carboxylic acids is 1. The lowest BCUT2D eigenvalue weighted by molar-refractivity contribution is 0.190. The first-order valence-electron chi connectivity index (χ1n) is 4.41. The lowest BCUT2D eigenvalue weighted by Crippen LogP contribution is -2.42. The summed E-state index contributed by atoms with van der Waals surface area (Å²) in [4.78, 5) is 15.5. The molecule has 0 aliphatic heterocycles. The molecule has 6 heteroatoms. The van der Waals surface area contributed by atoms with Gasteiger partial charge < -0.3 is 10.1 Å². The van der Waals surface area contributed by atoms with Crippen molar-refractivity contribution >= 4 is 40.0 Å². The molecule has 0 saturated carbocycles. The number of hydrogen-bond donors (Lipinski definition) is 1. The van der Waals surface area contributed by atoms with Crippen molar-refractivity contribution < 1.29 is 9.53 Å². The molecule has 1 aromatic heterocycles. The molecule has 1 heterocycles. The lowest BCUT2D eigenvalue weighted by atomic mass is 10.1. The molecule has 0 aliphatic carbocycles. The number of nitrogens with zero attached hydrogens (tertiary/aromatic N) is 1. The third-order valence-corrected chi connectivity index (χ3v) is 3.64. The largest absolute Gasteiger partial charge is 0.414 e. The fraction of sp³-hybridized carbons (Fsp3) is 0.556. The molecule has 0 radical (unpaired) electrons. The average Bonchev–Trinajstić information content (AvgIpc) is 2.26. The number of nitrogens with one attached hydrogen (secondary N) is 1. The van der Waals surface area contributed by atoms with Crippen LogP contribution in [-0.2, 0) is 0 Å². The summed E-state index contributed by atoms with van der Waals surface area (Å²) in [6.07, 6.45) is -0.465. The van der Waals surface area contributed by atoms with E-state index in [9.17, 15) is 4.79 Å². The zero-order valence-electron chi connectivity index (χ0n) is 9.05. The molecule has 0 spiro atoms. The molecule has 0 aromatic carbocycles. The van der Waals surface area contributed by atoms with Gasteiger partial charge in [0.2, 0.25) is 0 Å². The van der Waals surface area contributed by atoms with Gasteiger partial charge in [0.05, 0.1) is 8.58 Å². The van der Waals surface area contributed by atoms with Crippen molar-refractivity contribution in [2.75, 3.05) is 0 Å². The van der Waals surface area contributed by atoms with E-state index >= 15 is 0 Å². The Hall–Kier alpha value is -0.370. The van der Waals surface area contributed by atoms with Crippen molar-refractivity contribution in [2.24, 2.45) is 0 Å². The molecule has 0 fully saturated rings. The summed E-state index contributed by atoms with van der Waals surface area (Å²) in [5.74, 6) is 0. The highest BCUT2D eigenvalue weighted by Crippen LogP contribution is 2.25. The minimum absolute atomic E-state index is 0.295. The number of rotatable bonds is 1. The van der Waals surface area contributed by atoms with Crippen molar-refractivity contribution in [3.63, 3.8) is 0 Å². The summed E-state index contributed by atoms with van der Waals surface area (Å²) < 4.78 is 6.08. The topological polar surface area (TPSA) is 51.2 Å². The quantitative estimate of drug-likeness (QED) is 0.800. The molecule has 84 valence electrons. The molecule has 1 N–H and O–H groups in total. The summed E-state index contributed by atoms with van der Waals surface area (Å²) in [6, 6.07) is 0. The summed E-state index contributed by atoms with van der Waals surface area (Å²) in [5.41, 5.74) is 0.593. The van der Waals surface area contributed by atoms with Crippen LogP contribution >= 0.6 is 33.9 Å². The molecule has 4 nitrogen and oxygen atoms in total. The SMILES string of the molecule is Cc1nc(OC(=O)NC(C)(C)C)sc1I. The fourth-order valence-corrected chi connectivity index (χ4v) is 2.14. The van der Waals surface area contributed by atoms with Crippen LogP contribution in [0.5, 0.6) is 5.19 Å². The predicted octanol–water partition coefficient (Wildman–Crippen LogP) is 2.94. The fourth-order valence-electron chi connectivity index (χ4n) is 0.809. The van der Waals surface area contributed by atoms with Crippen LogP contribution in [0.4, 0.5) is 4.79 Å². The summed E-state index contributed by atoms with van der Waals surface area (Å²) >= 11 is 3.53. The van der Waals surface area contributed by atoms with Crippen molar-refractivity contribution in [2.45, 2.75) is 33.2 Å². The molecular formula is C9H13IN2O2S. The van der Waals surface area contributed by atoms with Crippen LogP contribution in [-0.4, -0.2) is 16.6 Å². The minimum atomic E-state index is -0.465. The maximum absolute atomic E-state index is 11.4. The van der Waals surface area contributed by atoms with E-state index in [0.717, 1.165) is 8.58 Å². The molecule has 0 unspecified atom stereocenters. The average molecular weight is 340 g/mol. The van der Waals surface area contributed by atoms with Crippen LogP contribution in [0.3, 0.4) is 0 Å². The molecule has 0 saturated heterocycles. The second-order valence-corrected chi connectivity index (χ2v) is 6.88. The highest BCUT2D eigenvalue weighted by Gasteiger charge is 2.17. The molecule has 0 atom stereocenters. The third-order valence-electron chi connectivity index (χ3n) is 1.38. The molecule has 15 heavy (non-hydrogen) atoms. The van der Waals surface area contributed by atoms with Crippen LogP contribution in [0.25, 0.3) is 0 Å².